The highest BCUT2D eigenvalue weighted by Gasteiger charge is 2.35. The predicted octanol–water partition coefficient (Wildman–Crippen LogP) is 15.7. The van der Waals surface area contributed by atoms with Crippen molar-refractivity contribution < 1.29 is 0 Å². The van der Waals surface area contributed by atoms with Crippen molar-refractivity contribution in [1.29, 1.82) is 0 Å². The van der Waals surface area contributed by atoms with Gasteiger partial charge in [-0.1, -0.05) is 159 Å². The van der Waals surface area contributed by atoms with Crippen LogP contribution in [0.2, 0.25) is 0 Å². The predicted molar refractivity (Wildman–Crippen MR) is 251 cm³/mol. The highest BCUT2D eigenvalue weighted by Crippen LogP contribution is 2.51. The summed E-state index contributed by atoms with van der Waals surface area (Å²) in [6.07, 6.45) is 0. The molecule has 1 aliphatic rings. The Bertz CT molecular complexity index is 3370. The molecular weight excluding hydrogens is 713 g/mol. The zero-order chi connectivity index (χ0) is 39.2. The van der Waals surface area contributed by atoms with Gasteiger partial charge in [-0.3, -0.25) is 0 Å². The SMILES string of the molecule is CC1(C)c2ccccc2-c2ccc(N(c3ccc(-c4ccc(-n5c6ccccc6c6ccccc65)cc4)cc3)c3ccc4c5ccccc5c5ccccc5c4c3)cc21. The van der Waals surface area contributed by atoms with Crippen LogP contribution in [-0.2, 0) is 5.41 Å². The van der Waals surface area contributed by atoms with E-state index in [1.54, 1.807) is 0 Å². The average molecular weight is 753 g/mol. The van der Waals surface area contributed by atoms with Crippen molar-refractivity contribution in [3.63, 3.8) is 0 Å². The lowest BCUT2D eigenvalue weighted by molar-refractivity contribution is 0.660. The molecule has 0 saturated heterocycles. The van der Waals surface area contributed by atoms with Gasteiger partial charge in [0.2, 0.25) is 0 Å². The van der Waals surface area contributed by atoms with Gasteiger partial charge in [0, 0.05) is 38.9 Å². The summed E-state index contributed by atoms with van der Waals surface area (Å²) in [5.41, 5.74) is 14.7. The van der Waals surface area contributed by atoms with Crippen molar-refractivity contribution in [2.24, 2.45) is 0 Å². The summed E-state index contributed by atoms with van der Waals surface area (Å²) < 4.78 is 2.38. The lowest BCUT2D eigenvalue weighted by Gasteiger charge is -2.28. The molecule has 278 valence electrons. The third kappa shape index (κ3) is 5.06. The molecule has 0 radical (unpaired) electrons. The van der Waals surface area contributed by atoms with Crippen molar-refractivity contribution in [3.8, 4) is 27.9 Å². The summed E-state index contributed by atoms with van der Waals surface area (Å²) in [6, 6.07) is 76.2. The molecule has 0 saturated carbocycles. The molecule has 0 N–H and O–H groups in total. The first-order valence-electron chi connectivity index (χ1n) is 20.6. The Kier molecular flexibility index (Phi) is 7.31. The van der Waals surface area contributed by atoms with Crippen LogP contribution in [0.25, 0.3) is 82.1 Å². The van der Waals surface area contributed by atoms with E-state index < -0.39 is 0 Å². The van der Waals surface area contributed by atoms with Crippen molar-refractivity contribution in [1.82, 2.24) is 4.57 Å². The Morgan fingerprint density at radius 2 is 0.780 bits per heavy atom. The number of para-hydroxylation sites is 2. The van der Waals surface area contributed by atoms with Gasteiger partial charge in [-0.05, 0) is 126 Å². The van der Waals surface area contributed by atoms with Crippen LogP contribution in [0.3, 0.4) is 0 Å². The molecule has 0 spiro atoms. The van der Waals surface area contributed by atoms with Crippen molar-refractivity contribution in [3.05, 3.63) is 217 Å². The average Bonchev–Trinajstić information content (AvgIpc) is 3.75. The standard InChI is InChI=1S/C57H40N2/c1-57(2)53-20-10-7-17-48(53)49-34-32-42(36-54(49)57)58(41-31-33-47-45-15-4-3-13-43(45)44-14-5-6-16-46(44)52(47)35-41)39-27-23-37(24-28-39)38-25-29-40(30-26-38)59-55-21-11-8-18-50(55)51-19-9-12-22-56(51)59/h3-36H,1-2H3. The molecule has 2 heteroatoms. The molecule has 1 aromatic heterocycles. The van der Waals surface area contributed by atoms with Crippen LogP contribution in [-0.4, -0.2) is 4.57 Å². The van der Waals surface area contributed by atoms with E-state index >= 15 is 0 Å². The Balaban J connectivity index is 0.987. The van der Waals surface area contributed by atoms with Crippen LogP contribution in [0.4, 0.5) is 17.1 Å². The normalized spacial score (nSPS) is 13.1. The summed E-state index contributed by atoms with van der Waals surface area (Å²) in [5, 5.41) is 10.2. The maximum absolute atomic E-state index is 2.44. The van der Waals surface area contributed by atoms with Crippen molar-refractivity contribution in [2.45, 2.75) is 19.3 Å². The second-order valence-corrected chi connectivity index (χ2v) is 16.5. The molecule has 59 heavy (non-hydrogen) atoms. The van der Waals surface area contributed by atoms with E-state index in [0.29, 0.717) is 0 Å². The fraction of sp³-hybridized carbons (Fsp3) is 0.0526. The molecule has 0 atom stereocenters. The monoisotopic (exact) mass is 752 g/mol. The van der Waals surface area contributed by atoms with E-state index in [9.17, 15) is 0 Å². The first kappa shape index (κ1) is 33.7. The molecule has 2 nitrogen and oxygen atoms in total. The van der Waals surface area contributed by atoms with Gasteiger partial charge < -0.3 is 9.47 Å². The van der Waals surface area contributed by atoms with E-state index in [1.165, 1.54) is 87.5 Å². The molecule has 11 aromatic rings. The Morgan fingerprint density at radius 3 is 1.41 bits per heavy atom. The van der Waals surface area contributed by atoms with Crippen LogP contribution in [0.5, 0.6) is 0 Å². The van der Waals surface area contributed by atoms with Crippen LogP contribution < -0.4 is 4.90 Å². The second-order valence-electron chi connectivity index (χ2n) is 16.5. The minimum atomic E-state index is -0.110. The highest BCUT2D eigenvalue weighted by atomic mass is 15.1. The Morgan fingerprint density at radius 1 is 0.339 bits per heavy atom. The maximum atomic E-state index is 2.44. The molecule has 10 aromatic carbocycles. The maximum Gasteiger partial charge on any atom is 0.0541 e. The molecule has 12 rings (SSSR count). The van der Waals surface area contributed by atoms with Gasteiger partial charge in [0.25, 0.3) is 0 Å². The summed E-state index contributed by atoms with van der Waals surface area (Å²) in [6.45, 7) is 4.72. The minimum absolute atomic E-state index is 0.110. The van der Waals surface area contributed by atoms with Gasteiger partial charge in [-0.15, -0.1) is 0 Å². The molecule has 0 bridgehead atoms. The molecule has 0 aliphatic heterocycles. The zero-order valence-electron chi connectivity index (χ0n) is 33.0. The number of nitrogens with zero attached hydrogens (tertiary/aromatic N) is 2. The number of fused-ring (bicyclic) bond motifs is 12. The first-order valence-corrected chi connectivity index (χ1v) is 20.6. The fourth-order valence-electron chi connectivity index (χ4n) is 10.1. The largest absolute Gasteiger partial charge is 0.310 e. The third-order valence-corrected chi connectivity index (χ3v) is 13.0. The van der Waals surface area contributed by atoms with E-state index in [0.717, 1.165) is 22.7 Å². The second kappa shape index (κ2) is 12.8. The number of benzene rings is 10. The highest BCUT2D eigenvalue weighted by molar-refractivity contribution is 6.25. The summed E-state index contributed by atoms with van der Waals surface area (Å²) >= 11 is 0. The van der Waals surface area contributed by atoms with Crippen LogP contribution in [0, 0.1) is 0 Å². The molecule has 0 amide bonds. The number of aromatic nitrogens is 1. The summed E-state index contributed by atoms with van der Waals surface area (Å²) in [5.74, 6) is 0. The number of anilines is 3. The fourth-order valence-corrected chi connectivity index (χ4v) is 10.1. The van der Waals surface area contributed by atoms with Gasteiger partial charge in [0.1, 0.15) is 0 Å². The molecule has 0 unspecified atom stereocenters. The lowest BCUT2D eigenvalue weighted by atomic mass is 9.82. The van der Waals surface area contributed by atoms with Crippen molar-refractivity contribution >= 4 is 71.2 Å². The lowest BCUT2D eigenvalue weighted by Crippen LogP contribution is -2.16. The molecular formula is C57H40N2. The minimum Gasteiger partial charge on any atom is -0.310 e. The zero-order valence-corrected chi connectivity index (χ0v) is 33.0. The quantitative estimate of drug-likeness (QED) is 0.159. The van der Waals surface area contributed by atoms with Crippen LogP contribution >= 0.6 is 0 Å². The topological polar surface area (TPSA) is 8.17 Å². The molecule has 1 aliphatic carbocycles. The van der Waals surface area contributed by atoms with E-state index in [1.807, 2.05) is 0 Å². The van der Waals surface area contributed by atoms with Gasteiger partial charge in [0.15, 0.2) is 0 Å². The number of rotatable bonds is 5. The van der Waals surface area contributed by atoms with E-state index in [-0.39, 0.29) is 5.41 Å². The smallest absolute Gasteiger partial charge is 0.0541 e. The summed E-state index contributed by atoms with van der Waals surface area (Å²) in [7, 11) is 0. The number of hydrogen-bond donors (Lipinski definition) is 0. The van der Waals surface area contributed by atoms with Gasteiger partial charge in [-0.25, -0.2) is 0 Å². The number of hydrogen-bond acceptors (Lipinski definition) is 1. The third-order valence-electron chi connectivity index (χ3n) is 13.0. The van der Waals surface area contributed by atoms with Crippen LogP contribution in [0.1, 0.15) is 25.0 Å². The van der Waals surface area contributed by atoms with E-state index in [2.05, 4.69) is 230 Å². The molecule has 0 fully saturated rings. The van der Waals surface area contributed by atoms with Crippen LogP contribution in [0.15, 0.2) is 206 Å². The Labute approximate surface area is 343 Å². The van der Waals surface area contributed by atoms with E-state index in [4.69, 9.17) is 0 Å². The Hall–Kier alpha value is -7.42. The first-order chi connectivity index (χ1) is 29.0. The van der Waals surface area contributed by atoms with Gasteiger partial charge in [-0.2, -0.15) is 0 Å². The van der Waals surface area contributed by atoms with Gasteiger partial charge >= 0.3 is 0 Å². The van der Waals surface area contributed by atoms with Gasteiger partial charge in [0.05, 0.1) is 11.0 Å². The van der Waals surface area contributed by atoms with Crippen molar-refractivity contribution in [2.75, 3.05) is 4.90 Å². The molecule has 1 heterocycles. The summed E-state index contributed by atoms with van der Waals surface area (Å²) in [4.78, 5) is 2.44.